The van der Waals surface area contributed by atoms with E-state index in [-0.39, 0.29) is 0 Å². The third kappa shape index (κ3) is 4.22. The molecule has 0 aliphatic heterocycles. The van der Waals surface area contributed by atoms with Crippen molar-refractivity contribution in [3.05, 3.63) is 59.7 Å². The number of rotatable bonds is 5. The average molecular weight is 228 g/mol. The molecular formula is C17H24. The minimum Gasteiger partial charge on any atom is -0.0956 e. The first-order valence-electron chi connectivity index (χ1n) is 6.45. The molecule has 0 spiro atoms. The molecule has 0 heteroatoms. The lowest BCUT2D eigenvalue weighted by atomic mass is 9.92. The zero-order valence-corrected chi connectivity index (χ0v) is 11.5. The van der Waals surface area contributed by atoms with Crippen LogP contribution in [0.4, 0.5) is 0 Å². The Morgan fingerprint density at radius 3 is 2.59 bits per heavy atom. The zero-order valence-electron chi connectivity index (χ0n) is 11.5. The fourth-order valence-corrected chi connectivity index (χ4v) is 1.94. The van der Waals surface area contributed by atoms with E-state index < -0.39 is 0 Å². The quantitative estimate of drug-likeness (QED) is 0.613. The van der Waals surface area contributed by atoms with Crippen molar-refractivity contribution in [3.8, 4) is 0 Å². The van der Waals surface area contributed by atoms with Crippen molar-refractivity contribution >= 4 is 0 Å². The van der Waals surface area contributed by atoms with Crippen molar-refractivity contribution < 1.29 is 0 Å². The van der Waals surface area contributed by atoms with Gasteiger partial charge in [-0.25, -0.2) is 0 Å². The predicted molar refractivity (Wildman–Crippen MR) is 77.4 cm³/mol. The smallest absolute Gasteiger partial charge is 0.0156 e. The molecule has 1 aromatic carbocycles. The fraction of sp³-hybridized carbons (Fsp3) is 0.412. The first kappa shape index (κ1) is 13.8. The van der Waals surface area contributed by atoms with Gasteiger partial charge in [-0.3, -0.25) is 0 Å². The molecule has 0 saturated carbocycles. The van der Waals surface area contributed by atoms with Gasteiger partial charge >= 0.3 is 0 Å². The van der Waals surface area contributed by atoms with Gasteiger partial charge in [0.2, 0.25) is 0 Å². The molecule has 1 rings (SSSR count). The van der Waals surface area contributed by atoms with Gasteiger partial charge in [-0.15, -0.1) is 0 Å². The Labute approximate surface area is 106 Å². The molecule has 0 heterocycles. The molecule has 92 valence electrons. The molecule has 0 aliphatic carbocycles. The standard InChI is InChI=1S/C17H24/c1-6-8-14(4)15(5)11-16-9-7-10-17(12-16)13(2)3/h6-10,12-13,15H,4,11H2,1-3,5H3. The van der Waals surface area contributed by atoms with E-state index in [1.165, 1.54) is 16.7 Å². The van der Waals surface area contributed by atoms with Crippen molar-refractivity contribution in [3.63, 3.8) is 0 Å². The number of allylic oxidation sites excluding steroid dienone is 3. The van der Waals surface area contributed by atoms with Gasteiger partial charge < -0.3 is 0 Å². The molecule has 0 N–H and O–H groups in total. The average Bonchev–Trinajstić information content (AvgIpc) is 2.29. The van der Waals surface area contributed by atoms with Gasteiger partial charge in [-0.05, 0) is 36.3 Å². The van der Waals surface area contributed by atoms with E-state index in [1.807, 2.05) is 6.92 Å². The van der Waals surface area contributed by atoms with Gasteiger partial charge in [0.25, 0.3) is 0 Å². The second-order valence-electron chi connectivity index (χ2n) is 5.08. The Hall–Kier alpha value is -1.30. The van der Waals surface area contributed by atoms with Gasteiger partial charge in [0.1, 0.15) is 0 Å². The lowest BCUT2D eigenvalue weighted by Gasteiger charge is -2.13. The molecule has 0 fully saturated rings. The normalized spacial score (nSPS) is 13.2. The van der Waals surface area contributed by atoms with E-state index in [4.69, 9.17) is 0 Å². The largest absolute Gasteiger partial charge is 0.0956 e. The summed E-state index contributed by atoms with van der Waals surface area (Å²) >= 11 is 0. The molecule has 0 nitrogen and oxygen atoms in total. The highest BCUT2D eigenvalue weighted by Gasteiger charge is 2.07. The highest BCUT2D eigenvalue weighted by atomic mass is 14.1. The van der Waals surface area contributed by atoms with Crippen LogP contribution < -0.4 is 0 Å². The van der Waals surface area contributed by atoms with Crippen LogP contribution in [0, 0.1) is 5.92 Å². The molecule has 0 amide bonds. The topological polar surface area (TPSA) is 0 Å². The summed E-state index contributed by atoms with van der Waals surface area (Å²) in [4.78, 5) is 0. The first-order chi connectivity index (χ1) is 8.04. The van der Waals surface area contributed by atoms with Gasteiger partial charge in [-0.2, -0.15) is 0 Å². The monoisotopic (exact) mass is 228 g/mol. The van der Waals surface area contributed by atoms with Crippen LogP contribution in [0.15, 0.2) is 48.6 Å². The Morgan fingerprint density at radius 2 is 2.00 bits per heavy atom. The van der Waals surface area contributed by atoms with Gasteiger partial charge in [0.15, 0.2) is 0 Å². The predicted octanol–water partition coefficient (Wildman–Crippen LogP) is 5.12. The summed E-state index contributed by atoms with van der Waals surface area (Å²) < 4.78 is 0. The Kier molecular flexibility index (Phi) is 5.21. The van der Waals surface area contributed by atoms with Crippen LogP contribution in [-0.2, 0) is 6.42 Å². The Bertz CT molecular complexity index is 396. The second-order valence-corrected chi connectivity index (χ2v) is 5.08. The SMILES string of the molecule is C=C(C=CC)C(C)Cc1cccc(C(C)C)c1. The Morgan fingerprint density at radius 1 is 1.29 bits per heavy atom. The van der Waals surface area contributed by atoms with E-state index >= 15 is 0 Å². The summed E-state index contributed by atoms with van der Waals surface area (Å²) in [6.07, 6.45) is 5.24. The summed E-state index contributed by atoms with van der Waals surface area (Å²) in [5.74, 6) is 1.11. The van der Waals surface area contributed by atoms with Crippen molar-refractivity contribution in [2.45, 2.75) is 40.0 Å². The van der Waals surface area contributed by atoms with Crippen LogP contribution in [0.5, 0.6) is 0 Å². The van der Waals surface area contributed by atoms with Crippen LogP contribution in [0.3, 0.4) is 0 Å². The molecule has 0 radical (unpaired) electrons. The fourth-order valence-electron chi connectivity index (χ4n) is 1.94. The van der Waals surface area contributed by atoms with Crippen molar-refractivity contribution in [2.24, 2.45) is 5.92 Å². The summed E-state index contributed by atoms with van der Waals surface area (Å²) in [5.41, 5.74) is 4.04. The molecule has 1 atom stereocenters. The van der Waals surface area contributed by atoms with Crippen LogP contribution >= 0.6 is 0 Å². The Balaban J connectivity index is 2.74. The second kappa shape index (κ2) is 6.44. The van der Waals surface area contributed by atoms with Crippen LogP contribution in [-0.4, -0.2) is 0 Å². The van der Waals surface area contributed by atoms with Crippen molar-refractivity contribution in [2.75, 3.05) is 0 Å². The van der Waals surface area contributed by atoms with E-state index in [2.05, 4.69) is 63.8 Å². The molecule has 1 unspecified atom stereocenters. The molecular weight excluding hydrogens is 204 g/mol. The minimum atomic E-state index is 0.508. The third-order valence-corrected chi connectivity index (χ3v) is 3.17. The van der Waals surface area contributed by atoms with E-state index in [0.717, 1.165) is 6.42 Å². The van der Waals surface area contributed by atoms with Crippen LogP contribution in [0.25, 0.3) is 0 Å². The lowest BCUT2D eigenvalue weighted by Crippen LogP contribution is -2.02. The van der Waals surface area contributed by atoms with E-state index in [0.29, 0.717) is 11.8 Å². The van der Waals surface area contributed by atoms with Crippen molar-refractivity contribution in [1.82, 2.24) is 0 Å². The third-order valence-electron chi connectivity index (χ3n) is 3.17. The summed E-state index contributed by atoms with van der Waals surface area (Å²) in [6, 6.07) is 8.91. The number of hydrogen-bond donors (Lipinski definition) is 0. The highest BCUT2D eigenvalue weighted by molar-refractivity contribution is 5.28. The molecule has 0 aromatic heterocycles. The number of benzene rings is 1. The number of hydrogen-bond acceptors (Lipinski definition) is 0. The molecule has 1 aromatic rings. The van der Waals surface area contributed by atoms with Gasteiger partial charge in [-0.1, -0.05) is 69.3 Å². The van der Waals surface area contributed by atoms with E-state index in [1.54, 1.807) is 0 Å². The molecule has 0 saturated heterocycles. The molecule has 17 heavy (non-hydrogen) atoms. The highest BCUT2D eigenvalue weighted by Crippen LogP contribution is 2.20. The maximum atomic E-state index is 4.11. The summed E-state index contributed by atoms with van der Waals surface area (Å²) in [7, 11) is 0. The first-order valence-corrected chi connectivity index (χ1v) is 6.45. The van der Waals surface area contributed by atoms with Crippen LogP contribution in [0.1, 0.15) is 44.7 Å². The van der Waals surface area contributed by atoms with Crippen molar-refractivity contribution in [1.29, 1.82) is 0 Å². The van der Waals surface area contributed by atoms with Gasteiger partial charge in [0, 0.05) is 0 Å². The zero-order chi connectivity index (χ0) is 12.8. The minimum absolute atomic E-state index is 0.508. The summed E-state index contributed by atoms with van der Waals surface area (Å²) in [6.45, 7) is 12.9. The lowest BCUT2D eigenvalue weighted by molar-refractivity contribution is 0.694. The maximum Gasteiger partial charge on any atom is -0.0156 e. The molecule has 0 bridgehead atoms. The molecule has 0 aliphatic rings. The maximum absolute atomic E-state index is 4.11. The summed E-state index contributed by atoms with van der Waals surface area (Å²) in [5, 5.41) is 0. The van der Waals surface area contributed by atoms with Gasteiger partial charge in [0.05, 0.1) is 0 Å². The van der Waals surface area contributed by atoms with E-state index in [9.17, 15) is 0 Å². The van der Waals surface area contributed by atoms with Crippen LogP contribution in [0.2, 0.25) is 0 Å².